The molecule has 0 aliphatic heterocycles. The van der Waals surface area contributed by atoms with Crippen LogP contribution < -0.4 is 5.32 Å². The Bertz CT molecular complexity index is 372. The minimum absolute atomic E-state index is 0.171. The van der Waals surface area contributed by atoms with Gasteiger partial charge in [0.1, 0.15) is 0 Å². The number of hydrogen-bond acceptors (Lipinski definition) is 1. The third-order valence-corrected chi connectivity index (χ3v) is 3.30. The Morgan fingerprint density at radius 1 is 1.31 bits per heavy atom. The zero-order valence-corrected chi connectivity index (χ0v) is 9.52. The molecule has 1 aromatic carbocycles. The van der Waals surface area contributed by atoms with Crippen LogP contribution in [-0.4, -0.2) is 13.1 Å². The smallest absolute Gasteiger partial charge is 0.162 e. The lowest BCUT2D eigenvalue weighted by molar-refractivity contribution is 0.439. The summed E-state index contributed by atoms with van der Waals surface area (Å²) in [5, 5.41) is 3.29. The molecule has 1 nitrogen and oxygen atoms in total. The van der Waals surface area contributed by atoms with Crippen LogP contribution in [0.2, 0.25) is 0 Å². The monoisotopic (exact) mass is 225 g/mol. The second-order valence-corrected chi connectivity index (χ2v) is 4.67. The van der Waals surface area contributed by atoms with E-state index in [4.69, 9.17) is 0 Å². The maximum Gasteiger partial charge on any atom is 0.162 e. The highest BCUT2D eigenvalue weighted by Gasteiger charge is 2.42. The van der Waals surface area contributed by atoms with Crippen LogP contribution in [0.5, 0.6) is 0 Å². The summed E-state index contributed by atoms with van der Waals surface area (Å²) in [6, 6.07) is 4.43. The molecule has 1 N–H and O–H groups in total. The molecule has 0 amide bonds. The van der Waals surface area contributed by atoms with E-state index in [0.717, 1.165) is 25.9 Å². The largest absolute Gasteiger partial charge is 0.316 e. The van der Waals surface area contributed by atoms with Crippen molar-refractivity contribution in [2.45, 2.75) is 26.2 Å². The molecule has 0 unspecified atom stereocenters. The minimum Gasteiger partial charge on any atom is -0.316 e. The topological polar surface area (TPSA) is 12.0 Å². The van der Waals surface area contributed by atoms with Crippen molar-refractivity contribution in [2.75, 3.05) is 13.1 Å². The van der Waals surface area contributed by atoms with Crippen molar-refractivity contribution < 1.29 is 8.78 Å². The van der Waals surface area contributed by atoms with E-state index in [0.29, 0.717) is 12.0 Å². The third kappa shape index (κ3) is 2.40. The molecule has 0 spiro atoms. The standard InChI is InChI=1S/C13H17F2N/c1-2-16-9-13(6-7-13)8-10-4-3-5-11(14)12(10)15/h3-5,16H,2,6-9H2,1H3. The number of halogens is 2. The molecular weight excluding hydrogens is 208 g/mol. The molecule has 0 radical (unpaired) electrons. The van der Waals surface area contributed by atoms with Crippen LogP contribution >= 0.6 is 0 Å². The quantitative estimate of drug-likeness (QED) is 0.812. The van der Waals surface area contributed by atoms with E-state index in [1.807, 2.05) is 0 Å². The maximum atomic E-state index is 13.5. The summed E-state index contributed by atoms with van der Waals surface area (Å²) in [7, 11) is 0. The molecule has 0 bridgehead atoms. The average Bonchev–Trinajstić information content (AvgIpc) is 3.03. The third-order valence-electron chi connectivity index (χ3n) is 3.30. The van der Waals surface area contributed by atoms with Crippen molar-refractivity contribution in [3.8, 4) is 0 Å². The van der Waals surface area contributed by atoms with E-state index in [1.165, 1.54) is 6.07 Å². The van der Waals surface area contributed by atoms with E-state index >= 15 is 0 Å². The fourth-order valence-corrected chi connectivity index (χ4v) is 2.07. The number of nitrogens with one attached hydrogen (secondary N) is 1. The van der Waals surface area contributed by atoms with Gasteiger partial charge in [0.15, 0.2) is 11.6 Å². The van der Waals surface area contributed by atoms with E-state index in [1.54, 1.807) is 12.1 Å². The van der Waals surface area contributed by atoms with E-state index in [9.17, 15) is 8.78 Å². The lowest BCUT2D eigenvalue weighted by atomic mass is 9.96. The van der Waals surface area contributed by atoms with Gasteiger partial charge in [0, 0.05) is 6.54 Å². The normalized spacial score (nSPS) is 17.4. The molecule has 1 aliphatic rings. The van der Waals surface area contributed by atoms with Crippen molar-refractivity contribution in [2.24, 2.45) is 5.41 Å². The first-order valence-corrected chi connectivity index (χ1v) is 5.80. The maximum absolute atomic E-state index is 13.5. The van der Waals surface area contributed by atoms with Gasteiger partial charge in [-0.1, -0.05) is 19.1 Å². The summed E-state index contributed by atoms with van der Waals surface area (Å²) in [5.41, 5.74) is 0.681. The second-order valence-electron chi connectivity index (χ2n) is 4.67. The first kappa shape index (κ1) is 11.5. The molecule has 3 heteroatoms. The van der Waals surface area contributed by atoms with Crippen LogP contribution in [-0.2, 0) is 6.42 Å². The number of rotatable bonds is 5. The second kappa shape index (κ2) is 4.50. The lowest BCUT2D eigenvalue weighted by Crippen LogP contribution is -2.25. The van der Waals surface area contributed by atoms with Gasteiger partial charge in [0.25, 0.3) is 0 Å². The van der Waals surface area contributed by atoms with Gasteiger partial charge in [-0.15, -0.1) is 0 Å². The highest BCUT2D eigenvalue weighted by molar-refractivity contribution is 5.22. The van der Waals surface area contributed by atoms with E-state index in [-0.39, 0.29) is 5.41 Å². The zero-order chi connectivity index (χ0) is 11.6. The van der Waals surface area contributed by atoms with Crippen LogP contribution in [0.3, 0.4) is 0 Å². The van der Waals surface area contributed by atoms with Crippen molar-refractivity contribution in [3.63, 3.8) is 0 Å². The molecule has 88 valence electrons. The summed E-state index contributed by atoms with van der Waals surface area (Å²) in [6.45, 7) is 3.88. The Hall–Kier alpha value is -0.960. The summed E-state index contributed by atoms with van der Waals surface area (Å²) in [4.78, 5) is 0. The Labute approximate surface area is 94.9 Å². The Morgan fingerprint density at radius 2 is 2.06 bits per heavy atom. The van der Waals surface area contributed by atoms with Gasteiger partial charge in [-0.2, -0.15) is 0 Å². The lowest BCUT2D eigenvalue weighted by Gasteiger charge is -2.16. The van der Waals surface area contributed by atoms with Gasteiger partial charge in [-0.25, -0.2) is 8.78 Å². The molecule has 0 heterocycles. The van der Waals surface area contributed by atoms with Crippen molar-refractivity contribution in [1.29, 1.82) is 0 Å². The molecule has 0 atom stereocenters. The molecule has 1 aromatic rings. The van der Waals surface area contributed by atoms with Crippen LogP contribution in [0.25, 0.3) is 0 Å². The van der Waals surface area contributed by atoms with Crippen molar-refractivity contribution >= 4 is 0 Å². The van der Waals surface area contributed by atoms with Gasteiger partial charge < -0.3 is 5.32 Å². The van der Waals surface area contributed by atoms with E-state index in [2.05, 4.69) is 12.2 Å². The Morgan fingerprint density at radius 3 is 2.69 bits per heavy atom. The fourth-order valence-electron chi connectivity index (χ4n) is 2.07. The SMILES string of the molecule is CCNCC1(Cc2cccc(F)c2F)CC1. The Balaban J connectivity index is 2.06. The van der Waals surface area contributed by atoms with Crippen molar-refractivity contribution in [3.05, 3.63) is 35.4 Å². The molecular formula is C13H17F2N. The number of benzene rings is 1. The Kier molecular flexibility index (Phi) is 3.24. The fraction of sp³-hybridized carbons (Fsp3) is 0.538. The predicted octanol–water partition coefficient (Wildman–Crippen LogP) is 2.90. The van der Waals surface area contributed by atoms with Gasteiger partial charge in [-0.05, 0) is 42.9 Å². The first-order chi connectivity index (χ1) is 7.67. The van der Waals surface area contributed by atoms with Crippen molar-refractivity contribution in [1.82, 2.24) is 5.32 Å². The summed E-state index contributed by atoms with van der Waals surface area (Å²) < 4.78 is 26.5. The highest BCUT2D eigenvalue weighted by Crippen LogP contribution is 2.48. The van der Waals surface area contributed by atoms with Gasteiger partial charge >= 0.3 is 0 Å². The highest BCUT2D eigenvalue weighted by atomic mass is 19.2. The molecule has 1 fully saturated rings. The molecule has 0 saturated heterocycles. The van der Waals surface area contributed by atoms with Gasteiger partial charge in [-0.3, -0.25) is 0 Å². The molecule has 1 aliphatic carbocycles. The van der Waals surface area contributed by atoms with Crippen LogP contribution in [0.15, 0.2) is 18.2 Å². The molecule has 1 saturated carbocycles. The number of hydrogen-bond donors (Lipinski definition) is 1. The summed E-state index contributed by atoms with van der Waals surface area (Å²) in [5.74, 6) is -1.41. The average molecular weight is 225 g/mol. The van der Waals surface area contributed by atoms with Gasteiger partial charge in [0.05, 0.1) is 0 Å². The first-order valence-electron chi connectivity index (χ1n) is 5.80. The van der Waals surface area contributed by atoms with Crippen LogP contribution in [0.4, 0.5) is 8.78 Å². The zero-order valence-electron chi connectivity index (χ0n) is 9.52. The van der Waals surface area contributed by atoms with Gasteiger partial charge in [0.2, 0.25) is 0 Å². The molecule has 16 heavy (non-hydrogen) atoms. The van der Waals surface area contributed by atoms with Crippen LogP contribution in [0.1, 0.15) is 25.3 Å². The molecule has 2 rings (SSSR count). The predicted molar refractivity (Wildman–Crippen MR) is 60.3 cm³/mol. The van der Waals surface area contributed by atoms with Crippen LogP contribution in [0, 0.1) is 17.0 Å². The summed E-state index contributed by atoms with van der Waals surface area (Å²) >= 11 is 0. The minimum atomic E-state index is -0.739. The molecule has 0 aromatic heterocycles. The summed E-state index contributed by atoms with van der Waals surface area (Å²) in [6.07, 6.45) is 2.86. The van der Waals surface area contributed by atoms with E-state index < -0.39 is 11.6 Å².